The van der Waals surface area contributed by atoms with Gasteiger partial charge in [-0.15, -0.1) is 11.3 Å². The van der Waals surface area contributed by atoms with E-state index in [2.05, 4.69) is 51.1 Å². The summed E-state index contributed by atoms with van der Waals surface area (Å²) in [7, 11) is 1.69. The lowest BCUT2D eigenvalue weighted by Crippen LogP contribution is -2.43. The summed E-state index contributed by atoms with van der Waals surface area (Å²) in [5.41, 5.74) is 2.50. The van der Waals surface area contributed by atoms with Gasteiger partial charge >= 0.3 is 0 Å². The van der Waals surface area contributed by atoms with Crippen LogP contribution in [-0.2, 0) is 4.79 Å². The Bertz CT molecular complexity index is 1160. The maximum atomic E-state index is 13.2. The Morgan fingerprint density at radius 3 is 2.51 bits per heavy atom. The second-order valence-corrected chi connectivity index (χ2v) is 10.9. The molecule has 35 heavy (non-hydrogen) atoms. The summed E-state index contributed by atoms with van der Waals surface area (Å²) in [5.74, 6) is 2.10. The first-order valence-corrected chi connectivity index (χ1v) is 13.5. The normalized spacial score (nSPS) is 18.2. The molecule has 3 aromatic rings. The van der Waals surface area contributed by atoms with Gasteiger partial charge in [0.25, 0.3) is 0 Å². The van der Waals surface area contributed by atoms with Gasteiger partial charge in [0.1, 0.15) is 22.7 Å². The highest BCUT2D eigenvalue weighted by molar-refractivity contribution is 7.18. The number of aromatic nitrogens is 2. The molecule has 0 radical (unpaired) electrons. The molecular formula is C27H35N5O2S. The van der Waals surface area contributed by atoms with Crippen molar-refractivity contribution >= 4 is 33.3 Å². The van der Waals surface area contributed by atoms with Gasteiger partial charge in [0.05, 0.1) is 18.5 Å². The molecule has 2 aliphatic heterocycles. The van der Waals surface area contributed by atoms with Gasteiger partial charge in [-0.25, -0.2) is 9.97 Å². The van der Waals surface area contributed by atoms with E-state index in [1.807, 2.05) is 12.1 Å². The molecule has 5 rings (SSSR count). The third-order valence-electron chi connectivity index (χ3n) is 7.66. The Morgan fingerprint density at radius 1 is 1.11 bits per heavy atom. The van der Waals surface area contributed by atoms with Crippen molar-refractivity contribution in [3.05, 3.63) is 46.6 Å². The highest BCUT2D eigenvalue weighted by Crippen LogP contribution is 2.35. The van der Waals surface area contributed by atoms with E-state index in [4.69, 9.17) is 4.74 Å². The zero-order chi connectivity index (χ0) is 24.4. The molecule has 186 valence electrons. The molecule has 1 amide bonds. The van der Waals surface area contributed by atoms with Crippen molar-refractivity contribution in [3.8, 4) is 5.75 Å². The quantitative estimate of drug-likeness (QED) is 0.523. The lowest BCUT2D eigenvalue weighted by atomic mass is 9.95. The number of benzene rings is 1. The van der Waals surface area contributed by atoms with Crippen LogP contribution in [0.15, 0.2) is 30.6 Å². The molecule has 4 heterocycles. The van der Waals surface area contributed by atoms with Crippen LogP contribution >= 0.6 is 11.3 Å². The molecule has 8 heteroatoms. The van der Waals surface area contributed by atoms with Crippen LogP contribution in [0, 0.1) is 19.8 Å². The summed E-state index contributed by atoms with van der Waals surface area (Å²) in [4.78, 5) is 29.4. The fourth-order valence-electron chi connectivity index (χ4n) is 5.44. The van der Waals surface area contributed by atoms with Gasteiger partial charge in [0.15, 0.2) is 0 Å². The van der Waals surface area contributed by atoms with Crippen molar-refractivity contribution in [1.29, 1.82) is 0 Å². The fraction of sp³-hybridized carbons (Fsp3) is 0.519. The Labute approximate surface area is 211 Å². The van der Waals surface area contributed by atoms with Crippen molar-refractivity contribution in [2.75, 3.05) is 44.7 Å². The van der Waals surface area contributed by atoms with Gasteiger partial charge in [-0.2, -0.15) is 0 Å². The number of amides is 1. The number of rotatable bonds is 7. The van der Waals surface area contributed by atoms with E-state index in [0.717, 1.165) is 55.4 Å². The fourth-order valence-corrected chi connectivity index (χ4v) is 6.43. The van der Waals surface area contributed by atoms with Crippen LogP contribution in [0.5, 0.6) is 5.75 Å². The maximum Gasteiger partial charge on any atom is 0.223 e. The summed E-state index contributed by atoms with van der Waals surface area (Å²) in [6, 6.07) is 8.48. The lowest BCUT2D eigenvalue weighted by Gasteiger charge is -2.33. The number of aryl methyl sites for hydroxylation is 2. The molecule has 1 unspecified atom stereocenters. The van der Waals surface area contributed by atoms with E-state index in [1.165, 1.54) is 34.2 Å². The number of hydrogen-bond acceptors (Lipinski definition) is 7. The summed E-state index contributed by atoms with van der Waals surface area (Å²) < 4.78 is 5.33. The molecule has 2 aromatic heterocycles. The van der Waals surface area contributed by atoms with Crippen LogP contribution in [0.3, 0.4) is 0 Å². The molecule has 2 fully saturated rings. The number of ether oxygens (including phenoxy) is 1. The number of fused-ring (bicyclic) bond motifs is 1. The molecule has 0 bridgehead atoms. The number of anilines is 1. The lowest BCUT2D eigenvalue weighted by molar-refractivity contribution is -0.125. The Balaban J connectivity index is 1.21. The minimum atomic E-state index is 0.0454. The SMILES string of the molecule is COc1ccc(C(CNC(=O)C2CCN(c3ncnc4sc(C)c(C)c34)CC2)N2CCCC2)cc1. The molecule has 0 aliphatic carbocycles. The number of carbonyl (C=O) groups excluding carboxylic acids is 1. The molecule has 1 atom stereocenters. The van der Waals surface area contributed by atoms with Crippen LogP contribution in [-0.4, -0.2) is 60.6 Å². The molecule has 7 nitrogen and oxygen atoms in total. The average molecular weight is 494 g/mol. The third-order valence-corrected chi connectivity index (χ3v) is 8.78. The second-order valence-electron chi connectivity index (χ2n) is 9.70. The van der Waals surface area contributed by atoms with Crippen molar-refractivity contribution in [1.82, 2.24) is 20.2 Å². The van der Waals surface area contributed by atoms with Crippen LogP contribution in [0.25, 0.3) is 10.2 Å². The second kappa shape index (κ2) is 10.5. The topological polar surface area (TPSA) is 70.6 Å². The van der Waals surface area contributed by atoms with Crippen molar-refractivity contribution < 1.29 is 9.53 Å². The number of methoxy groups -OCH3 is 1. The van der Waals surface area contributed by atoms with Crippen molar-refractivity contribution in [2.45, 2.75) is 45.6 Å². The molecule has 2 aliphatic rings. The minimum absolute atomic E-state index is 0.0454. The molecule has 2 saturated heterocycles. The van der Waals surface area contributed by atoms with Gasteiger partial charge < -0.3 is 15.0 Å². The van der Waals surface area contributed by atoms with Gasteiger partial charge in [0, 0.05) is 30.4 Å². The van der Waals surface area contributed by atoms with Crippen LogP contribution in [0.1, 0.15) is 47.7 Å². The van der Waals surface area contributed by atoms with Crippen molar-refractivity contribution in [2.24, 2.45) is 5.92 Å². The first kappa shape index (κ1) is 24.0. The first-order chi connectivity index (χ1) is 17.0. The number of nitrogens with one attached hydrogen (secondary N) is 1. The number of likely N-dealkylation sites (tertiary alicyclic amines) is 1. The zero-order valence-corrected chi connectivity index (χ0v) is 21.7. The Morgan fingerprint density at radius 2 is 1.83 bits per heavy atom. The van der Waals surface area contributed by atoms with E-state index in [-0.39, 0.29) is 17.9 Å². The predicted molar refractivity (Wildman–Crippen MR) is 141 cm³/mol. The predicted octanol–water partition coefficient (Wildman–Crippen LogP) is 4.49. The molecule has 0 saturated carbocycles. The smallest absolute Gasteiger partial charge is 0.223 e. The van der Waals surface area contributed by atoms with Gasteiger partial charge in [-0.3, -0.25) is 9.69 Å². The van der Waals surface area contributed by atoms with E-state index in [9.17, 15) is 4.79 Å². The Hall–Kier alpha value is -2.71. The monoisotopic (exact) mass is 493 g/mol. The van der Waals surface area contributed by atoms with Crippen LogP contribution < -0.4 is 15.0 Å². The van der Waals surface area contributed by atoms with Crippen molar-refractivity contribution in [3.63, 3.8) is 0 Å². The van der Waals surface area contributed by atoms with E-state index < -0.39 is 0 Å². The van der Waals surface area contributed by atoms with Gasteiger partial charge in [-0.1, -0.05) is 12.1 Å². The van der Waals surface area contributed by atoms with Gasteiger partial charge in [0.2, 0.25) is 5.91 Å². The molecular weight excluding hydrogens is 458 g/mol. The molecule has 0 spiro atoms. The molecule has 1 aromatic carbocycles. The van der Waals surface area contributed by atoms with Crippen LogP contribution in [0.4, 0.5) is 5.82 Å². The van der Waals surface area contributed by atoms with E-state index in [1.54, 1.807) is 24.8 Å². The highest BCUT2D eigenvalue weighted by Gasteiger charge is 2.29. The summed E-state index contributed by atoms with van der Waals surface area (Å²) in [6.07, 6.45) is 5.80. The largest absolute Gasteiger partial charge is 0.497 e. The first-order valence-electron chi connectivity index (χ1n) is 12.7. The van der Waals surface area contributed by atoms with Crippen LogP contribution in [0.2, 0.25) is 0 Å². The zero-order valence-electron chi connectivity index (χ0n) is 20.9. The Kier molecular flexibility index (Phi) is 7.20. The average Bonchev–Trinajstić information content (AvgIpc) is 3.53. The summed E-state index contributed by atoms with van der Waals surface area (Å²) in [6.45, 7) is 8.79. The summed E-state index contributed by atoms with van der Waals surface area (Å²) >= 11 is 1.73. The summed E-state index contributed by atoms with van der Waals surface area (Å²) in [5, 5.41) is 4.47. The highest BCUT2D eigenvalue weighted by atomic mass is 32.1. The number of piperidine rings is 1. The number of nitrogens with zero attached hydrogens (tertiary/aromatic N) is 4. The number of thiophene rings is 1. The van der Waals surface area contributed by atoms with E-state index >= 15 is 0 Å². The maximum absolute atomic E-state index is 13.2. The minimum Gasteiger partial charge on any atom is -0.497 e. The number of carbonyl (C=O) groups is 1. The van der Waals surface area contributed by atoms with Gasteiger partial charge in [-0.05, 0) is 75.9 Å². The molecule has 1 N–H and O–H groups in total. The standard InChI is InChI=1S/C27H35N5O2S/c1-18-19(2)35-27-24(18)25(29-17-30-27)32-14-10-21(11-15-32)26(33)28-16-23(31-12-4-5-13-31)20-6-8-22(34-3)9-7-20/h6-9,17,21,23H,4-5,10-16H2,1-3H3,(H,28,33). The number of hydrogen-bond donors (Lipinski definition) is 1. The van der Waals surface area contributed by atoms with E-state index in [0.29, 0.717) is 6.54 Å². The third kappa shape index (κ3) is 5.00.